The predicted octanol–water partition coefficient (Wildman–Crippen LogP) is 0.680. The highest BCUT2D eigenvalue weighted by molar-refractivity contribution is 6.30. The summed E-state index contributed by atoms with van der Waals surface area (Å²) in [4.78, 5) is 15.3. The van der Waals surface area contributed by atoms with E-state index in [1.165, 1.54) is 6.21 Å². The van der Waals surface area contributed by atoms with Gasteiger partial charge in [0.05, 0.1) is 6.21 Å². The average Bonchev–Trinajstić information content (AvgIpc) is 2.26. The fraction of sp³-hybridized carbons (Fsp3) is 0.111. The smallest absolute Gasteiger partial charge is 0.274 e. The molecule has 1 rings (SSSR count). The third-order valence-electron chi connectivity index (χ3n) is 1.50. The normalized spacial score (nSPS) is 10.3. The lowest BCUT2D eigenvalue weighted by atomic mass is 10.2. The van der Waals surface area contributed by atoms with Gasteiger partial charge in [-0.1, -0.05) is 28.9 Å². The van der Waals surface area contributed by atoms with Gasteiger partial charge in [-0.25, -0.2) is 5.84 Å². The summed E-state index contributed by atoms with van der Waals surface area (Å²) >= 11 is 5.69. The molecule has 1 aromatic rings. The Balaban J connectivity index is 2.38. The molecule has 0 atom stereocenters. The maximum Gasteiger partial charge on any atom is 0.274 e. The van der Waals surface area contributed by atoms with Gasteiger partial charge < -0.3 is 4.84 Å². The second kappa shape index (κ2) is 6.00. The summed E-state index contributed by atoms with van der Waals surface area (Å²) in [6, 6.07) is 7.02. The van der Waals surface area contributed by atoms with Gasteiger partial charge in [0.25, 0.3) is 5.91 Å². The summed E-state index contributed by atoms with van der Waals surface area (Å²) < 4.78 is 0. The quantitative estimate of drug-likeness (QED) is 0.344. The van der Waals surface area contributed by atoms with Gasteiger partial charge in [0.15, 0.2) is 6.61 Å². The molecule has 0 spiro atoms. The molecular formula is C9H10ClN3O2. The van der Waals surface area contributed by atoms with Crippen molar-refractivity contribution in [1.29, 1.82) is 0 Å². The number of hydrogen-bond acceptors (Lipinski definition) is 4. The van der Waals surface area contributed by atoms with Gasteiger partial charge in [0, 0.05) is 5.02 Å². The van der Waals surface area contributed by atoms with Crippen molar-refractivity contribution in [2.45, 2.75) is 0 Å². The summed E-state index contributed by atoms with van der Waals surface area (Å²) in [7, 11) is 0. The van der Waals surface area contributed by atoms with Gasteiger partial charge in [-0.05, 0) is 17.7 Å². The molecule has 5 nitrogen and oxygen atoms in total. The molecule has 0 aliphatic heterocycles. The third-order valence-corrected chi connectivity index (χ3v) is 1.75. The van der Waals surface area contributed by atoms with Crippen molar-refractivity contribution in [3.8, 4) is 0 Å². The largest absolute Gasteiger partial charge is 0.386 e. The molecular weight excluding hydrogens is 218 g/mol. The van der Waals surface area contributed by atoms with Crippen molar-refractivity contribution < 1.29 is 9.63 Å². The second-order valence-electron chi connectivity index (χ2n) is 2.63. The molecule has 1 aromatic carbocycles. The molecule has 0 radical (unpaired) electrons. The number of amides is 1. The molecule has 80 valence electrons. The minimum absolute atomic E-state index is 0.208. The van der Waals surface area contributed by atoms with E-state index in [2.05, 4.69) is 9.99 Å². The van der Waals surface area contributed by atoms with Crippen LogP contribution in [0, 0.1) is 0 Å². The van der Waals surface area contributed by atoms with E-state index in [0.29, 0.717) is 5.02 Å². The zero-order valence-electron chi connectivity index (χ0n) is 7.81. The number of carbonyl (C=O) groups is 1. The fourth-order valence-electron chi connectivity index (χ4n) is 0.785. The number of nitrogens with two attached hydrogens (primary N) is 1. The number of oxime groups is 1. The van der Waals surface area contributed by atoms with Gasteiger partial charge in [0.1, 0.15) is 0 Å². The Hall–Kier alpha value is -1.59. The molecule has 0 saturated carbocycles. The van der Waals surface area contributed by atoms with Crippen molar-refractivity contribution in [1.82, 2.24) is 5.43 Å². The Labute approximate surface area is 91.8 Å². The third kappa shape index (κ3) is 4.44. The van der Waals surface area contributed by atoms with Crippen LogP contribution in [0.25, 0.3) is 0 Å². The lowest BCUT2D eigenvalue weighted by Gasteiger charge is -1.97. The zero-order chi connectivity index (χ0) is 11.1. The van der Waals surface area contributed by atoms with Crippen LogP contribution in [-0.2, 0) is 9.63 Å². The standard InChI is InChI=1S/C9H10ClN3O2/c10-8-3-1-7(2-4-8)5-12-15-6-9(14)13-11/h1-5H,6,11H2,(H,13,14)/b12-5+. The SMILES string of the molecule is NNC(=O)CO/N=C/c1ccc(Cl)cc1. The summed E-state index contributed by atoms with van der Waals surface area (Å²) in [6.45, 7) is -0.208. The molecule has 0 aliphatic carbocycles. The minimum atomic E-state index is -0.441. The van der Waals surface area contributed by atoms with E-state index in [9.17, 15) is 4.79 Å². The topological polar surface area (TPSA) is 76.7 Å². The zero-order valence-corrected chi connectivity index (χ0v) is 8.57. The van der Waals surface area contributed by atoms with Crippen molar-refractivity contribution in [2.24, 2.45) is 11.0 Å². The monoisotopic (exact) mass is 227 g/mol. The number of benzene rings is 1. The first-order chi connectivity index (χ1) is 7.22. The second-order valence-corrected chi connectivity index (χ2v) is 3.06. The van der Waals surface area contributed by atoms with Crippen molar-refractivity contribution in [2.75, 3.05) is 6.61 Å². The van der Waals surface area contributed by atoms with E-state index < -0.39 is 5.91 Å². The van der Waals surface area contributed by atoms with Gasteiger partial charge in [-0.15, -0.1) is 0 Å². The maximum absolute atomic E-state index is 10.6. The van der Waals surface area contributed by atoms with Crippen LogP contribution in [-0.4, -0.2) is 18.7 Å². The van der Waals surface area contributed by atoms with E-state index in [1.807, 2.05) is 5.43 Å². The van der Waals surface area contributed by atoms with Crippen LogP contribution < -0.4 is 11.3 Å². The van der Waals surface area contributed by atoms with Crippen LogP contribution in [0.15, 0.2) is 29.4 Å². The van der Waals surface area contributed by atoms with E-state index >= 15 is 0 Å². The van der Waals surface area contributed by atoms with E-state index in [0.717, 1.165) is 5.56 Å². The molecule has 0 heterocycles. The van der Waals surface area contributed by atoms with Crippen molar-refractivity contribution in [3.05, 3.63) is 34.9 Å². The molecule has 0 saturated heterocycles. The minimum Gasteiger partial charge on any atom is -0.386 e. The van der Waals surface area contributed by atoms with Crippen LogP contribution >= 0.6 is 11.6 Å². The number of hydrogen-bond donors (Lipinski definition) is 2. The van der Waals surface area contributed by atoms with Crippen LogP contribution in [0.3, 0.4) is 0 Å². The summed E-state index contributed by atoms with van der Waals surface area (Å²) in [5.74, 6) is 4.39. The lowest BCUT2D eigenvalue weighted by molar-refractivity contribution is -0.125. The number of hydrazine groups is 1. The first-order valence-corrected chi connectivity index (χ1v) is 4.50. The molecule has 3 N–H and O–H groups in total. The Morgan fingerprint density at radius 3 is 2.80 bits per heavy atom. The number of carbonyl (C=O) groups excluding carboxylic acids is 1. The Bertz CT molecular complexity index is 351. The molecule has 1 amide bonds. The lowest BCUT2D eigenvalue weighted by Crippen LogP contribution is -2.32. The summed E-state index contributed by atoms with van der Waals surface area (Å²) in [5, 5.41) is 4.22. The van der Waals surface area contributed by atoms with Crippen molar-refractivity contribution >= 4 is 23.7 Å². The highest BCUT2D eigenvalue weighted by atomic mass is 35.5. The van der Waals surface area contributed by atoms with Crippen molar-refractivity contribution in [3.63, 3.8) is 0 Å². The van der Waals surface area contributed by atoms with Crippen LogP contribution in [0.1, 0.15) is 5.56 Å². The first kappa shape index (κ1) is 11.5. The molecule has 15 heavy (non-hydrogen) atoms. The number of rotatable bonds is 4. The van der Waals surface area contributed by atoms with E-state index in [-0.39, 0.29) is 6.61 Å². The van der Waals surface area contributed by atoms with Crippen LogP contribution in [0.5, 0.6) is 0 Å². The van der Waals surface area contributed by atoms with Crippen LogP contribution in [0.4, 0.5) is 0 Å². The Kier molecular flexibility index (Phi) is 4.59. The van der Waals surface area contributed by atoms with Crippen LogP contribution in [0.2, 0.25) is 5.02 Å². The molecule has 6 heteroatoms. The number of halogens is 1. The maximum atomic E-state index is 10.6. The summed E-state index contributed by atoms with van der Waals surface area (Å²) in [5.41, 5.74) is 2.74. The van der Waals surface area contributed by atoms with E-state index in [1.54, 1.807) is 24.3 Å². The predicted molar refractivity (Wildman–Crippen MR) is 57.3 cm³/mol. The molecule has 0 fully saturated rings. The molecule has 0 unspecified atom stereocenters. The molecule has 0 aliphatic rings. The van der Waals surface area contributed by atoms with Gasteiger partial charge in [-0.2, -0.15) is 0 Å². The Morgan fingerprint density at radius 1 is 1.53 bits per heavy atom. The number of nitrogens with zero attached hydrogens (tertiary/aromatic N) is 1. The Morgan fingerprint density at radius 2 is 2.20 bits per heavy atom. The fourth-order valence-corrected chi connectivity index (χ4v) is 0.911. The van der Waals surface area contributed by atoms with Gasteiger partial charge in [-0.3, -0.25) is 10.2 Å². The van der Waals surface area contributed by atoms with Gasteiger partial charge in [0.2, 0.25) is 0 Å². The van der Waals surface area contributed by atoms with Gasteiger partial charge >= 0.3 is 0 Å². The molecule has 0 aromatic heterocycles. The molecule has 0 bridgehead atoms. The van der Waals surface area contributed by atoms with E-state index in [4.69, 9.17) is 17.4 Å². The summed E-state index contributed by atoms with van der Waals surface area (Å²) in [6.07, 6.45) is 1.47. The first-order valence-electron chi connectivity index (χ1n) is 4.12. The highest BCUT2D eigenvalue weighted by Gasteiger charge is 1.95. The average molecular weight is 228 g/mol. The number of nitrogens with one attached hydrogen (secondary N) is 1. The highest BCUT2D eigenvalue weighted by Crippen LogP contribution is 2.07.